The number of hydrogen-bond acceptors (Lipinski definition) is 5. The van der Waals surface area contributed by atoms with E-state index in [-0.39, 0.29) is 11.3 Å². The molecule has 7 heteroatoms. The molecule has 4 aromatic rings. The molecule has 1 amide bonds. The predicted molar refractivity (Wildman–Crippen MR) is 152 cm³/mol. The number of ketones is 1. The average Bonchev–Trinajstić information content (AvgIpc) is 3.39. The van der Waals surface area contributed by atoms with E-state index >= 15 is 0 Å². The standard InChI is InChI=1S/C32H32N2O5/c1-18(2)17-39-26-14-13-21(15-19(26)3)30(35)28-29(27-20(4)33-25-12-7-6-11-24(25)27)34(32(37)31(28)36)22-9-8-10-23(16-22)38-5/h6-16,18,29,33,35H,17H2,1-5H3/b30-28+. The van der Waals surface area contributed by atoms with Crippen LogP contribution in [0.4, 0.5) is 5.69 Å². The van der Waals surface area contributed by atoms with Crippen molar-refractivity contribution in [3.8, 4) is 11.5 Å². The number of amides is 1. The number of nitrogens with zero attached hydrogens (tertiary/aromatic N) is 1. The molecule has 0 radical (unpaired) electrons. The van der Waals surface area contributed by atoms with Gasteiger partial charge in [-0.25, -0.2) is 0 Å². The molecule has 2 N–H and O–H groups in total. The normalized spacial score (nSPS) is 16.9. The molecule has 1 atom stereocenters. The molecule has 5 rings (SSSR count). The van der Waals surface area contributed by atoms with Crippen LogP contribution in [-0.2, 0) is 9.59 Å². The van der Waals surface area contributed by atoms with Crippen LogP contribution in [0.1, 0.15) is 42.3 Å². The number of H-pyrrole nitrogens is 1. The highest BCUT2D eigenvalue weighted by molar-refractivity contribution is 6.52. The van der Waals surface area contributed by atoms with Gasteiger partial charge in [-0.3, -0.25) is 14.5 Å². The van der Waals surface area contributed by atoms with Crippen molar-refractivity contribution in [2.24, 2.45) is 5.92 Å². The van der Waals surface area contributed by atoms with Gasteiger partial charge in [0.2, 0.25) is 0 Å². The van der Waals surface area contributed by atoms with E-state index in [1.807, 2.05) is 38.1 Å². The molecule has 1 aromatic heterocycles. The Kier molecular flexibility index (Phi) is 6.91. The summed E-state index contributed by atoms with van der Waals surface area (Å²) in [4.78, 5) is 32.1. The summed E-state index contributed by atoms with van der Waals surface area (Å²) < 4.78 is 11.3. The summed E-state index contributed by atoms with van der Waals surface area (Å²) >= 11 is 0. The minimum absolute atomic E-state index is 0.0333. The van der Waals surface area contributed by atoms with Gasteiger partial charge in [0.1, 0.15) is 17.3 Å². The highest BCUT2D eigenvalue weighted by atomic mass is 16.5. The third kappa shape index (κ3) is 4.65. The summed E-state index contributed by atoms with van der Waals surface area (Å²) in [6, 6.07) is 19.2. The summed E-state index contributed by atoms with van der Waals surface area (Å²) in [5.74, 6) is -0.0650. The molecular weight excluding hydrogens is 492 g/mol. The number of para-hydroxylation sites is 1. The molecular formula is C32H32N2O5. The first kappa shape index (κ1) is 26.1. The van der Waals surface area contributed by atoms with Gasteiger partial charge in [0, 0.05) is 39.5 Å². The zero-order valence-electron chi connectivity index (χ0n) is 22.7. The molecule has 0 spiro atoms. The molecule has 39 heavy (non-hydrogen) atoms. The Morgan fingerprint density at radius 3 is 2.51 bits per heavy atom. The van der Waals surface area contributed by atoms with Crippen LogP contribution < -0.4 is 14.4 Å². The van der Waals surface area contributed by atoms with E-state index in [0.717, 1.165) is 27.7 Å². The number of Topliss-reactive ketones (excluding diaryl/α,β-unsaturated/α-hetero) is 1. The van der Waals surface area contributed by atoms with Gasteiger partial charge in [-0.05, 0) is 61.7 Å². The highest BCUT2D eigenvalue weighted by Crippen LogP contribution is 2.46. The minimum Gasteiger partial charge on any atom is -0.507 e. The van der Waals surface area contributed by atoms with Gasteiger partial charge in [-0.1, -0.05) is 38.1 Å². The number of methoxy groups -OCH3 is 1. The number of rotatable bonds is 7. The van der Waals surface area contributed by atoms with Crippen molar-refractivity contribution >= 4 is 34.0 Å². The lowest BCUT2D eigenvalue weighted by molar-refractivity contribution is -0.132. The van der Waals surface area contributed by atoms with Crippen molar-refractivity contribution in [2.75, 3.05) is 18.6 Å². The summed E-state index contributed by atoms with van der Waals surface area (Å²) in [6.45, 7) is 8.51. The molecule has 0 aliphatic carbocycles. The Balaban J connectivity index is 1.72. The fraction of sp³-hybridized carbons (Fsp3) is 0.250. The number of benzene rings is 3. The van der Waals surface area contributed by atoms with Gasteiger partial charge in [0.15, 0.2) is 0 Å². The summed E-state index contributed by atoms with van der Waals surface area (Å²) in [6.07, 6.45) is 0. The molecule has 1 unspecified atom stereocenters. The van der Waals surface area contributed by atoms with E-state index in [1.54, 1.807) is 49.6 Å². The number of carbonyl (C=O) groups excluding carboxylic acids is 2. The van der Waals surface area contributed by atoms with Gasteiger partial charge in [0.05, 0.1) is 25.3 Å². The van der Waals surface area contributed by atoms with Crippen molar-refractivity contribution in [1.29, 1.82) is 0 Å². The number of aromatic nitrogens is 1. The van der Waals surface area contributed by atoms with E-state index in [4.69, 9.17) is 9.47 Å². The van der Waals surface area contributed by atoms with E-state index in [2.05, 4.69) is 18.8 Å². The molecule has 3 aromatic carbocycles. The predicted octanol–water partition coefficient (Wildman–Crippen LogP) is 6.45. The second-order valence-electron chi connectivity index (χ2n) is 10.3. The molecule has 0 saturated carbocycles. The van der Waals surface area contributed by atoms with E-state index in [1.165, 1.54) is 4.90 Å². The van der Waals surface area contributed by atoms with Crippen molar-refractivity contribution in [3.63, 3.8) is 0 Å². The van der Waals surface area contributed by atoms with Crippen LogP contribution in [-0.4, -0.2) is 35.5 Å². The van der Waals surface area contributed by atoms with Crippen LogP contribution in [0.5, 0.6) is 11.5 Å². The lowest BCUT2D eigenvalue weighted by Gasteiger charge is -2.26. The van der Waals surface area contributed by atoms with Crippen molar-refractivity contribution in [3.05, 3.63) is 94.7 Å². The highest BCUT2D eigenvalue weighted by Gasteiger charge is 2.48. The van der Waals surface area contributed by atoms with Crippen molar-refractivity contribution < 1.29 is 24.2 Å². The number of aromatic amines is 1. The van der Waals surface area contributed by atoms with Gasteiger partial charge >= 0.3 is 0 Å². The van der Waals surface area contributed by atoms with Gasteiger partial charge in [0.25, 0.3) is 11.7 Å². The molecule has 1 aliphatic rings. The fourth-order valence-corrected chi connectivity index (χ4v) is 5.15. The molecule has 1 fully saturated rings. The van der Waals surface area contributed by atoms with Crippen LogP contribution in [0, 0.1) is 19.8 Å². The Bertz CT molecular complexity index is 1610. The Morgan fingerprint density at radius 2 is 1.79 bits per heavy atom. The maximum atomic E-state index is 13.7. The number of carbonyl (C=O) groups is 2. The largest absolute Gasteiger partial charge is 0.507 e. The molecule has 1 saturated heterocycles. The zero-order valence-corrected chi connectivity index (χ0v) is 22.7. The van der Waals surface area contributed by atoms with E-state index in [9.17, 15) is 14.7 Å². The number of aryl methyl sites for hydroxylation is 2. The number of aliphatic hydroxyl groups excluding tert-OH is 1. The topological polar surface area (TPSA) is 91.9 Å². The van der Waals surface area contributed by atoms with Crippen LogP contribution in [0.15, 0.2) is 72.3 Å². The van der Waals surface area contributed by atoms with E-state index < -0.39 is 17.7 Å². The first-order valence-corrected chi connectivity index (χ1v) is 13.0. The van der Waals surface area contributed by atoms with Crippen LogP contribution >= 0.6 is 0 Å². The van der Waals surface area contributed by atoms with Crippen LogP contribution in [0.25, 0.3) is 16.7 Å². The molecule has 7 nitrogen and oxygen atoms in total. The lowest BCUT2D eigenvalue weighted by Crippen LogP contribution is -2.29. The third-order valence-electron chi connectivity index (χ3n) is 7.01. The molecule has 200 valence electrons. The summed E-state index contributed by atoms with van der Waals surface area (Å²) in [7, 11) is 1.55. The smallest absolute Gasteiger partial charge is 0.300 e. The summed E-state index contributed by atoms with van der Waals surface area (Å²) in [5, 5.41) is 12.5. The second kappa shape index (κ2) is 10.3. The van der Waals surface area contributed by atoms with Gasteiger partial charge in [-0.15, -0.1) is 0 Å². The maximum absolute atomic E-state index is 13.7. The molecule has 1 aliphatic heterocycles. The Morgan fingerprint density at radius 1 is 1.03 bits per heavy atom. The summed E-state index contributed by atoms with van der Waals surface area (Å²) in [5.41, 5.74) is 4.23. The first-order valence-electron chi connectivity index (χ1n) is 13.0. The zero-order chi connectivity index (χ0) is 27.8. The number of fused-ring (bicyclic) bond motifs is 1. The fourth-order valence-electron chi connectivity index (χ4n) is 5.15. The number of aliphatic hydroxyl groups is 1. The quantitative estimate of drug-likeness (QED) is 0.165. The SMILES string of the molecule is COc1cccc(N2C(=O)C(=O)/C(=C(/O)c3ccc(OCC(C)C)c(C)c3)C2c2c(C)[nH]c3ccccc23)c1. The average molecular weight is 525 g/mol. The van der Waals surface area contributed by atoms with Crippen molar-refractivity contribution in [1.82, 2.24) is 4.98 Å². The lowest BCUT2D eigenvalue weighted by atomic mass is 9.92. The third-order valence-corrected chi connectivity index (χ3v) is 7.01. The number of nitrogens with one attached hydrogen (secondary N) is 1. The monoisotopic (exact) mass is 524 g/mol. The van der Waals surface area contributed by atoms with Gasteiger partial charge < -0.3 is 19.6 Å². The molecule has 2 heterocycles. The Hall–Kier alpha value is -4.52. The van der Waals surface area contributed by atoms with Crippen LogP contribution in [0.2, 0.25) is 0 Å². The van der Waals surface area contributed by atoms with Gasteiger partial charge in [-0.2, -0.15) is 0 Å². The first-order chi connectivity index (χ1) is 18.7. The van der Waals surface area contributed by atoms with Crippen LogP contribution in [0.3, 0.4) is 0 Å². The Labute approximate surface area is 227 Å². The number of anilines is 1. The maximum Gasteiger partial charge on any atom is 0.300 e. The van der Waals surface area contributed by atoms with E-state index in [0.29, 0.717) is 35.3 Å². The minimum atomic E-state index is -0.856. The number of hydrogen-bond donors (Lipinski definition) is 2. The molecule has 0 bridgehead atoms. The van der Waals surface area contributed by atoms with Crippen molar-refractivity contribution in [2.45, 2.75) is 33.7 Å². The second-order valence-corrected chi connectivity index (χ2v) is 10.3. The number of ether oxygens (including phenoxy) is 2.